The Kier molecular flexibility index (Phi) is 3.91. The fourth-order valence-electron chi connectivity index (χ4n) is 4.28. The molecule has 3 aliphatic rings. The third kappa shape index (κ3) is 2.23. The van der Waals surface area contributed by atoms with Crippen molar-refractivity contribution < 1.29 is 24.5 Å². The number of ketones is 1. The zero-order chi connectivity index (χ0) is 16.1. The van der Waals surface area contributed by atoms with E-state index in [1.807, 2.05) is 6.92 Å². The lowest BCUT2D eigenvalue weighted by Crippen LogP contribution is -2.47. The minimum absolute atomic E-state index is 0.0413. The Morgan fingerprint density at radius 2 is 2.27 bits per heavy atom. The molecule has 1 aliphatic heterocycles. The summed E-state index contributed by atoms with van der Waals surface area (Å²) in [6.45, 7) is 5.96. The molecule has 22 heavy (non-hydrogen) atoms. The van der Waals surface area contributed by atoms with Crippen LogP contribution in [0.25, 0.3) is 0 Å². The third-order valence-corrected chi connectivity index (χ3v) is 5.63. The highest BCUT2D eigenvalue weighted by Gasteiger charge is 2.54. The first-order valence-corrected chi connectivity index (χ1v) is 7.87. The van der Waals surface area contributed by atoms with E-state index in [0.717, 1.165) is 18.4 Å². The Bertz CT molecular complexity index is 537. The summed E-state index contributed by atoms with van der Waals surface area (Å²) < 4.78 is 11.3. The van der Waals surface area contributed by atoms with Crippen molar-refractivity contribution in [3.05, 3.63) is 23.5 Å². The maximum Gasteiger partial charge on any atom is 0.191 e. The van der Waals surface area contributed by atoms with Crippen LogP contribution < -0.4 is 0 Å². The van der Waals surface area contributed by atoms with Crippen LogP contribution in [-0.2, 0) is 14.3 Å². The monoisotopic (exact) mass is 308 g/mol. The van der Waals surface area contributed by atoms with Crippen LogP contribution in [0, 0.1) is 11.8 Å². The topological polar surface area (TPSA) is 76.0 Å². The zero-order valence-electron chi connectivity index (χ0n) is 13.2. The molecule has 1 saturated carbocycles. The van der Waals surface area contributed by atoms with E-state index in [9.17, 15) is 15.0 Å². The molecule has 1 heterocycles. The largest absolute Gasteiger partial charge is 0.488 e. The molecule has 0 spiro atoms. The average molecular weight is 308 g/mol. The Morgan fingerprint density at radius 3 is 2.91 bits per heavy atom. The molecular weight excluding hydrogens is 284 g/mol. The molecule has 0 aromatic rings. The van der Waals surface area contributed by atoms with Crippen LogP contribution in [0.4, 0.5) is 0 Å². The lowest BCUT2D eigenvalue weighted by molar-refractivity contribution is -0.135. The predicted octanol–water partition coefficient (Wildman–Crippen LogP) is 1.34. The van der Waals surface area contributed by atoms with Gasteiger partial charge in [0.1, 0.15) is 23.6 Å². The first kappa shape index (κ1) is 15.7. The van der Waals surface area contributed by atoms with Crippen molar-refractivity contribution in [1.29, 1.82) is 0 Å². The lowest BCUT2D eigenvalue weighted by atomic mass is 9.74. The summed E-state index contributed by atoms with van der Waals surface area (Å²) in [6, 6.07) is 0. The lowest BCUT2D eigenvalue weighted by Gasteiger charge is -2.44. The van der Waals surface area contributed by atoms with Crippen LogP contribution in [0.3, 0.4) is 0 Å². The van der Waals surface area contributed by atoms with Crippen molar-refractivity contribution in [2.75, 3.05) is 13.7 Å². The molecule has 0 amide bonds. The van der Waals surface area contributed by atoms with E-state index < -0.39 is 17.8 Å². The Balaban J connectivity index is 1.95. The maximum absolute atomic E-state index is 12.5. The van der Waals surface area contributed by atoms with E-state index in [4.69, 9.17) is 9.47 Å². The molecule has 122 valence electrons. The second-order valence-electron chi connectivity index (χ2n) is 6.87. The summed E-state index contributed by atoms with van der Waals surface area (Å²) in [7, 11) is 1.49. The highest BCUT2D eigenvalue weighted by molar-refractivity contribution is 6.00. The molecule has 2 aliphatic carbocycles. The molecule has 0 radical (unpaired) electrons. The molecule has 0 aromatic heterocycles. The highest BCUT2D eigenvalue weighted by Crippen LogP contribution is 2.53. The molecule has 5 nitrogen and oxygen atoms in total. The van der Waals surface area contributed by atoms with Crippen molar-refractivity contribution in [1.82, 2.24) is 0 Å². The van der Waals surface area contributed by atoms with Gasteiger partial charge in [0.25, 0.3) is 0 Å². The van der Waals surface area contributed by atoms with Gasteiger partial charge in [0.05, 0.1) is 6.61 Å². The number of rotatable bonds is 3. The van der Waals surface area contributed by atoms with Gasteiger partial charge in [-0.2, -0.15) is 0 Å². The van der Waals surface area contributed by atoms with Crippen molar-refractivity contribution in [2.24, 2.45) is 11.8 Å². The normalized spacial score (nSPS) is 41.0. The highest BCUT2D eigenvalue weighted by atomic mass is 16.5. The van der Waals surface area contributed by atoms with E-state index in [1.54, 1.807) is 0 Å². The first-order chi connectivity index (χ1) is 10.4. The average Bonchev–Trinajstić information content (AvgIpc) is 2.85. The van der Waals surface area contributed by atoms with E-state index in [-0.39, 0.29) is 30.6 Å². The molecule has 0 unspecified atom stereocenters. The van der Waals surface area contributed by atoms with Gasteiger partial charge in [-0.1, -0.05) is 6.58 Å². The number of fused-ring (bicyclic) bond motifs is 1. The van der Waals surface area contributed by atoms with Gasteiger partial charge in [-0.05, 0) is 37.7 Å². The number of hydrogen-bond donors (Lipinski definition) is 2. The van der Waals surface area contributed by atoms with Crippen LogP contribution >= 0.6 is 0 Å². The number of aliphatic hydroxyl groups is 2. The molecule has 2 N–H and O–H groups in total. The van der Waals surface area contributed by atoms with Gasteiger partial charge in [0.2, 0.25) is 0 Å². The van der Waals surface area contributed by atoms with Crippen LogP contribution in [0.1, 0.15) is 32.6 Å². The summed E-state index contributed by atoms with van der Waals surface area (Å²) in [5, 5.41) is 19.7. The SMILES string of the molecule is C=C(CO)[C@@H]1CC[C@@]2(C)OC3=C(C[C@@H]12)C(=O)[C@@H](OC)C[C@@H]3O. The van der Waals surface area contributed by atoms with Gasteiger partial charge in [-0.15, -0.1) is 0 Å². The van der Waals surface area contributed by atoms with Crippen molar-refractivity contribution in [3.8, 4) is 0 Å². The van der Waals surface area contributed by atoms with Gasteiger partial charge < -0.3 is 19.7 Å². The minimum Gasteiger partial charge on any atom is -0.488 e. The molecule has 5 heteroatoms. The van der Waals surface area contributed by atoms with E-state index in [1.165, 1.54) is 7.11 Å². The Hall–Kier alpha value is -1.17. The second kappa shape index (κ2) is 5.48. The van der Waals surface area contributed by atoms with Gasteiger partial charge in [0.15, 0.2) is 5.78 Å². The molecule has 0 aromatic carbocycles. The molecule has 0 bridgehead atoms. The number of methoxy groups -OCH3 is 1. The van der Waals surface area contributed by atoms with Crippen LogP contribution in [0.5, 0.6) is 0 Å². The number of aliphatic hydroxyl groups excluding tert-OH is 2. The van der Waals surface area contributed by atoms with Crippen molar-refractivity contribution in [2.45, 2.75) is 50.4 Å². The smallest absolute Gasteiger partial charge is 0.191 e. The third-order valence-electron chi connectivity index (χ3n) is 5.63. The van der Waals surface area contributed by atoms with Crippen LogP contribution in [0.2, 0.25) is 0 Å². The van der Waals surface area contributed by atoms with Gasteiger partial charge in [-0.3, -0.25) is 4.79 Å². The van der Waals surface area contributed by atoms with E-state index in [0.29, 0.717) is 17.8 Å². The standard InChI is InChI=1S/C17H24O5/c1-9(8-18)10-4-5-17(2)12(10)6-11-15(20)14(21-3)7-13(19)16(11)22-17/h10,12-14,18-19H,1,4-8H2,2-3H3/t10-,12-,13-,14-,17+/m0/s1. The summed E-state index contributed by atoms with van der Waals surface area (Å²) in [5.74, 6) is 0.618. The van der Waals surface area contributed by atoms with Crippen molar-refractivity contribution in [3.63, 3.8) is 0 Å². The summed E-state index contributed by atoms with van der Waals surface area (Å²) in [5.41, 5.74) is 0.960. The second-order valence-corrected chi connectivity index (χ2v) is 6.87. The van der Waals surface area contributed by atoms with Crippen LogP contribution in [-0.4, -0.2) is 47.5 Å². The molecule has 0 saturated heterocycles. The minimum atomic E-state index is -0.782. The first-order valence-electron chi connectivity index (χ1n) is 7.87. The summed E-state index contributed by atoms with van der Waals surface area (Å²) >= 11 is 0. The van der Waals surface area contributed by atoms with E-state index >= 15 is 0 Å². The fraction of sp³-hybridized carbons (Fsp3) is 0.706. The van der Waals surface area contributed by atoms with Crippen molar-refractivity contribution >= 4 is 5.78 Å². The molecular formula is C17H24O5. The Morgan fingerprint density at radius 1 is 1.55 bits per heavy atom. The quantitative estimate of drug-likeness (QED) is 0.770. The zero-order valence-corrected chi connectivity index (χ0v) is 13.2. The number of carbonyl (C=O) groups is 1. The number of Topliss-reactive ketones (excluding diaryl/α,β-unsaturated/α-hetero) is 1. The fourth-order valence-corrected chi connectivity index (χ4v) is 4.28. The van der Waals surface area contributed by atoms with Gasteiger partial charge in [0, 0.05) is 25.0 Å². The van der Waals surface area contributed by atoms with Gasteiger partial charge in [-0.25, -0.2) is 0 Å². The van der Waals surface area contributed by atoms with Crippen LogP contribution in [0.15, 0.2) is 23.5 Å². The summed E-state index contributed by atoms with van der Waals surface area (Å²) in [4.78, 5) is 12.5. The molecule has 1 fully saturated rings. The molecule has 3 rings (SSSR count). The number of carbonyl (C=O) groups excluding carboxylic acids is 1. The summed E-state index contributed by atoms with van der Waals surface area (Å²) in [6.07, 6.45) is 1.16. The predicted molar refractivity (Wildman–Crippen MR) is 80.0 cm³/mol. The number of ether oxygens (including phenoxy) is 2. The van der Waals surface area contributed by atoms with Gasteiger partial charge >= 0.3 is 0 Å². The maximum atomic E-state index is 12.5. The van der Waals surface area contributed by atoms with E-state index in [2.05, 4.69) is 6.58 Å². The Labute approximate surface area is 130 Å². The molecule has 5 atom stereocenters. The number of hydrogen-bond acceptors (Lipinski definition) is 5.